The van der Waals surface area contributed by atoms with Crippen LogP contribution in [0, 0.1) is 0 Å². The number of halogens is 1. The number of aromatic carboxylic acids is 1. The molecule has 3 aromatic carbocycles. The van der Waals surface area contributed by atoms with Gasteiger partial charge < -0.3 is 15.2 Å². The second kappa shape index (κ2) is 9.87. The zero-order valence-corrected chi connectivity index (χ0v) is 17.5. The van der Waals surface area contributed by atoms with Gasteiger partial charge in [-0.25, -0.2) is 4.79 Å². The van der Waals surface area contributed by atoms with Crippen LogP contribution in [-0.4, -0.2) is 29.5 Å². The van der Waals surface area contributed by atoms with Crippen molar-refractivity contribution < 1.29 is 14.6 Å². The molecule has 0 aromatic heterocycles. The molecule has 0 aliphatic rings. The van der Waals surface area contributed by atoms with Crippen LogP contribution in [0.25, 0.3) is 11.1 Å². The van der Waals surface area contributed by atoms with Crippen molar-refractivity contribution in [2.75, 3.05) is 12.4 Å². The number of nitrogens with one attached hydrogen (secondary N) is 2. The number of hydrogen-bond acceptors (Lipinski definition) is 4. The Bertz CT molecular complexity index is 1100. The van der Waals surface area contributed by atoms with E-state index in [9.17, 15) is 4.79 Å². The Morgan fingerprint density at radius 1 is 1.13 bits per heavy atom. The summed E-state index contributed by atoms with van der Waals surface area (Å²) in [7, 11) is 1.60. The third-order valence-corrected chi connectivity index (χ3v) is 4.59. The molecular formula is C22H18ClN3O3S. The van der Waals surface area contributed by atoms with Gasteiger partial charge in [-0.05, 0) is 54.2 Å². The van der Waals surface area contributed by atoms with E-state index in [0.29, 0.717) is 16.5 Å². The van der Waals surface area contributed by atoms with E-state index >= 15 is 0 Å². The Hall–Kier alpha value is -3.42. The number of carboxylic acids is 1. The van der Waals surface area contributed by atoms with Gasteiger partial charge in [-0.3, -0.25) is 5.43 Å². The Kier molecular flexibility index (Phi) is 7.00. The van der Waals surface area contributed by atoms with Crippen LogP contribution in [0.15, 0.2) is 71.8 Å². The minimum atomic E-state index is -1.01. The van der Waals surface area contributed by atoms with Crippen LogP contribution in [0.2, 0.25) is 5.02 Å². The first-order chi connectivity index (χ1) is 14.5. The first-order valence-electron chi connectivity index (χ1n) is 8.84. The molecule has 0 atom stereocenters. The number of carbonyl (C=O) groups is 1. The molecule has 0 fully saturated rings. The fraction of sp³-hybridized carbons (Fsp3) is 0.0455. The van der Waals surface area contributed by atoms with Gasteiger partial charge >= 0.3 is 5.97 Å². The number of nitrogens with zero attached hydrogens (tertiary/aromatic N) is 1. The molecule has 0 heterocycles. The van der Waals surface area contributed by atoms with Gasteiger partial charge in [0.05, 0.1) is 18.9 Å². The van der Waals surface area contributed by atoms with Crippen molar-refractivity contribution in [1.29, 1.82) is 0 Å². The maximum absolute atomic E-state index is 11.1. The summed E-state index contributed by atoms with van der Waals surface area (Å²) < 4.78 is 5.59. The average molecular weight is 440 g/mol. The molecule has 0 spiro atoms. The third kappa shape index (κ3) is 5.34. The number of hydrazone groups is 1. The molecule has 0 aliphatic carbocycles. The molecule has 0 aliphatic heterocycles. The largest absolute Gasteiger partial charge is 0.495 e. The van der Waals surface area contributed by atoms with Gasteiger partial charge in [-0.2, -0.15) is 5.10 Å². The van der Waals surface area contributed by atoms with Gasteiger partial charge in [0.15, 0.2) is 5.11 Å². The van der Waals surface area contributed by atoms with Gasteiger partial charge in [0.25, 0.3) is 0 Å². The minimum Gasteiger partial charge on any atom is -0.495 e. The molecule has 0 saturated carbocycles. The number of para-hydroxylation sites is 1. The molecule has 0 saturated heterocycles. The SMILES string of the molecule is COc1c(/C=N/NC(=S)Nc2cccc(C(=O)O)c2)cccc1-c1ccc(Cl)cc1. The van der Waals surface area contributed by atoms with E-state index in [1.165, 1.54) is 12.1 Å². The van der Waals surface area contributed by atoms with Gasteiger partial charge in [0, 0.05) is 21.8 Å². The van der Waals surface area contributed by atoms with E-state index < -0.39 is 5.97 Å². The van der Waals surface area contributed by atoms with E-state index in [1.54, 1.807) is 25.5 Å². The van der Waals surface area contributed by atoms with Crippen LogP contribution in [0.4, 0.5) is 5.69 Å². The number of ether oxygens (including phenoxy) is 1. The Balaban J connectivity index is 1.72. The van der Waals surface area contributed by atoms with Crippen LogP contribution in [0.1, 0.15) is 15.9 Å². The fourth-order valence-corrected chi connectivity index (χ4v) is 3.09. The zero-order valence-electron chi connectivity index (χ0n) is 15.9. The van der Waals surface area contributed by atoms with Crippen molar-refractivity contribution in [3.63, 3.8) is 0 Å². The van der Waals surface area contributed by atoms with E-state index in [1.807, 2.05) is 42.5 Å². The van der Waals surface area contributed by atoms with Crippen molar-refractivity contribution in [2.24, 2.45) is 5.10 Å². The quantitative estimate of drug-likeness (QED) is 0.284. The molecule has 3 N–H and O–H groups in total. The monoisotopic (exact) mass is 439 g/mol. The van der Waals surface area contributed by atoms with Crippen molar-refractivity contribution in [1.82, 2.24) is 5.43 Å². The second-order valence-electron chi connectivity index (χ2n) is 6.15. The van der Waals surface area contributed by atoms with Gasteiger partial charge in [-0.1, -0.05) is 41.9 Å². The van der Waals surface area contributed by atoms with Crippen molar-refractivity contribution >= 4 is 46.8 Å². The molecule has 152 valence electrons. The van der Waals surface area contributed by atoms with Crippen molar-refractivity contribution in [3.8, 4) is 16.9 Å². The topological polar surface area (TPSA) is 83.0 Å². The molecule has 0 amide bonds. The van der Waals surface area contributed by atoms with Crippen LogP contribution in [0.5, 0.6) is 5.75 Å². The lowest BCUT2D eigenvalue weighted by Gasteiger charge is -2.12. The highest BCUT2D eigenvalue weighted by molar-refractivity contribution is 7.80. The van der Waals surface area contributed by atoms with E-state index in [0.717, 1.165) is 16.7 Å². The van der Waals surface area contributed by atoms with Crippen molar-refractivity contribution in [2.45, 2.75) is 0 Å². The summed E-state index contributed by atoms with van der Waals surface area (Å²) in [6.45, 7) is 0. The predicted octanol–water partition coefficient (Wildman–Crippen LogP) is 5.03. The summed E-state index contributed by atoms with van der Waals surface area (Å²) >= 11 is 11.2. The third-order valence-electron chi connectivity index (χ3n) is 4.14. The Morgan fingerprint density at radius 3 is 2.57 bits per heavy atom. The molecule has 6 nitrogen and oxygen atoms in total. The van der Waals surface area contributed by atoms with E-state index in [4.69, 9.17) is 33.7 Å². The van der Waals surface area contributed by atoms with Crippen LogP contribution >= 0.6 is 23.8 Å². The number of benzene rings is 3. The maximum atomic E-state index is 11.1. The first kappa shape index (κ1) is 21.3. The minimum absolute atomic E-state index is 0.162. The average Bonchev–Trinajstić information content (AvgIpc) is 2.74. The summed E-state index contributed by atoms with van der Waals surface area (Å²) in [4.78, 5) is 11.1. The summed E-state index contributed by atoms with van der Waals surface area (Å²) in [5.74, 6) is -0.346. The van der Waals surface area contributed by atoms with Crippen LogP contribution in [0.3, 0.4) is 0 Å². The number of thiocarbonyl (C=S) groups is 1. The highest BCUT2D eigenvalue weighted by atomic mass is 35.5. The predicted molar refractivity (Wildman–Crippen MR) is 124 cm³/mol. The molecule has 30 heavy (non-hydrogen) atoms. The highest BCUT2D eigenvalue weighted by Crippen LogP contribution is 2.32. The Labute approximate surface area is 184 Å². The summed E-state index contributed by atoms with van der Waals surface area (Å²) in [6, 6.07) is 19.5. The lowest BCUT2D eigenvalue weighted by Crippen LogP contribution is -2.24. The van der Waals surface area contributed by atoms with Gasteiger partial charge in [-0.15, -0.1) is 0 Å². The number of hydrogen-bond donors (Lipinski definition) is 3. The first-order valence-corrected chi connectivity index (χ1v) is 9.63. The van der Waals surface area contributed by atoms with E-state index in [-0.39, 0.29) is 10.7 Å². The van der Waals surface area contributed by atoms with Crippen LogP contribution < -0.4 is 15.5 Å². The summed E-state index contributed by atoms with van der Waals surface area (Å²) in [6.07, 6.45) is 1.60. The standard InChI is InChI=1S/C22H18ClN3O3S/c1-29-20-16(5-3-7-19(20)14-8-10-17(23)11-9-14)13-24-26-22(30)25-18-6-2-4-15(12-18)21(27)28/h2-13H,1H3,(H,27,28)(H2,25,26,30)/b24-13+. The Morgan fingerprint density at radius 2 is 1.87 bits per heavy atom. The fourth-order valence-electron chi connectivity index (χ4n) is 2.79. The zero-order chi connectivity index (χ0) is 21.5. The summed E-state index contributed by atoms with van der Waals surface area (Å²) in [5.41, 5.74) is 6.06. The molecule has 0 unspecified atom stereocenters. The molecule has 8 heteroatoms. The lowest BCUT2D eigenvalue weighted by molar-refractivity contribution is 0.0697. The van der Waals surface area contributed by atoms with Gasteiger partial charge in [0.2, 0.25) is 0 Å². The lowest BCUT2D eigenvalue weighted by atomic mass is 10.0. The van der Waals surface area contributed by atoms with Crippen molar-refractivity contribution in [3.05, 3.63) is 82.9 Å². The number of carboxylic acid groups (broad SMARTS) is 1. The number of methoxy groups -OCH3 is 1. The number of anilines is 1. The van der Waals surface area contributed by atoms with E-state index in [2.05, 4.69) is 15.8 Å². The van der Waals surface area contributed by atoms with Gasteiger partial charge in [0.1, 0.15) is 5.75 Å². The molecular weight excluding hydrogens is 422 g/mol. The summed E-state index contributed by atoms with van der Waals surface area (Å²) in [5, 5.41) is 17.0. The molecule has 3 aromatic rings. The highest BCUT2D eigenvalue weighted by Gasteiger charge is 2.10. The smallest absolute Gasteiger partial charge is 0.335 e. The van der Waals surface area contributed by atoms with Crippen LogP contribution in [-0.2, 0) is 0 Å². The molecule has 0 radical (unpaired) electrons. The normalized spacial score (nSPS) is 10.6. The molecule has 0 bridgehead atoms. The maximum Gasteiger partial charge on any atom is 0.335 e. The second-order valence-corrected chi connectivity index (χ2v) is 6.99. The molecule has 3 rings (SSSR count). The number of rotatable bonds is 6.